The van der Waals surface area contributed by atoms with Crippen molar-refractivity contribution >= 4 is 29.0 Å². The fraction of sp³-hybridized carbons (Fsp3) is 0.786. The van der Waals surface area contributed by atoms with E-state index in [9.17, 15) is 9.59 Å². The van der Waals surface area contributed by atoms with Crippen molar-refractivity contribution in [3.8, 4) is 0 Å². The molecule has 3 N–H and O–H groups in total. The van der Waals surface area contributed by atoms with Crippen molar-refractivity contribution in [3.63, 3.8) is 0 Å². The number of carbonyl (C=O) groups excluding carboxylic acids is 2. The maximum atomic E-state index is 12.9. The second-order valence-corrected chi connectivity index (χ2v) is 5.79. The maximum Gasteiger partial charge on any atom is 0.239 e. The van der Waals surface area contributed by atoms with Crippen LogP contribution in [0.3, 0.4) is 0 Å². The third-order valence-electron chi connectivity index (χ3n) is 4.12. The van der Waals surface area contributed by atoms with Gasteiger partial charge in [-0.15, -0.1) is 0 Å². The fourth-order valence-corrected chi connectivity index (χ4v) is 3.07. The second kappa shape index (κ2) is 7.57. The Kier molecular flexibility index (Phi) is 6.39. The Labute approximate surface area is 126 Å². The van der Waals surface area contributed by atoms with Crippen molar-refractivity contribution in [2.24, 2.45) is 11.1 Å². The highest BCUT2D eigenvalue weighted by atomic mass is 32.1. The molecule has 20 heavy (non-hydrogen) atoms. The van der Waals surface area contributed by atoms with E-state index in [4.69, 9.17) is 18.0 Å². The Balaban J connectivity index is 2.96. The molecule has 6 heteroatoms. The summed E-state index contributed by atoms with van der Waals surface area (Å²) >= 11 is 5.20. The Morgan fingerprint density at radius 3 is 2.20 bits per heavy atom. The summed E-state index contributed by atoms with van der Waals surface area (Å²) in [4.78, 5) is 26.3. The smallest absolute Gasteiger partial charge is 0.239 e. The molecule has 0 aromatic rings. The average molecular weight is 299 g/mol. The molecule has 0 unspecified atom stereocenters. The summed E-state index contributed by atoms with van der Waals surface area (Å²) in [6.45, 7) is 2.41. The Morgan fingerprint density at radius 1 is 1.25 bits per heavy atom. The van der Waals surface area contributed by atoms with Gasteiger partial charge in [-0.1, -0.05) is 37.9 Å². The molecule has 1 fully saturated rings. The summed E-state index contributed by atoms with van der Waals surface area (Å²) in [5.41, 5.74) is 5.16. The lowest BCUT2D eigenvalue weighted by Gasteiger charge is -2.35. The molecule has 0 spiro atoms. The molecule has 0 saturated heterocycles. The van der Waals surface area contributed by atoms with Crippen LogP contribution in [0, 0.1) is 5.41 Å². The van der Waals surface area contributed by atoms with Gasteiger partial charge in [-0.3, -0.25) is 9.59 Å². The summed E-state index contributed by atoms with van der Waals surface area (Å²) in [6, 6.07) is 0. The first-order valence-electron chi connectivity index (χ1n) is 7.27. The molecule has 114 valence electrons. The van der Waals surface area contributed by atoms with E-state index in [0.717, 1.165) is 25.7 Å². The van der Waals surface area contributed by atoms with E-state index >= 15 is 0 Å². The first kappa shape index (κ1) is 16.9. The Hall–Kier alpha value is -1.17. The van der Waals surface area contributed by atoms with E-state index < -0.39 is 5.41 Å². The minimum atomic E-state index is -0.754. The molecular weight excluding hydrogens is 274 g/mol. The van der Waals surface area contributed by atoms with Crippen molar-refractivity contribution in [2.75, 3.05) is 20.1 Å². The first-order chi connectivity index (χ1) is 9.47. The van der Waals surface area contributed by atoms with Crippen LogP contribution in [-0.4, -0.2) is 41.8 Å². The Bertz CT molecular complexity index is 377. The van der Waals surface area contributed by atoms with Gasteiger partial charge in [0.15, 0.2) is 0 Å². The van der Waals surface area contributed by atoms with Crippen LogP contribution in [-0.2, 0) is 9.59 Å². The highest BCUT2D eigenvalue weighted by Crippen LogP contribution is 2.37. The molecule has 1 aliphatic carbocycles. The van der Waals surface area contributed by atoms with Crippen molar-refractivity contribution in [3.05, 3.63) is 0 Å². The highest BCUT2D eigenvalue weighted by Gasteiger charge is 2.43. The van der Waals surface area contributed by atoms with Gasteiger partial charge in [-0.05, 0) is 19.8 Å². The lowest BCUT2D eigenvalue weighted by Crippen LogP contribution is -2.52. The molecule has 0 aliphatic heterocycles. The summed E-state index contributed by atoms with van der Waals surface area (Å²) in [6.07, 6.45) is 5.54. The average Bonchev–Trinajstić information content (AvgIpc) is 2.70. The minimum absolute atomic E-state index is 0.0657. The van der Waals surface area contributed by atoms with Gasteiger partial charge >= 0.3 is 0 Å². The third-order valence-corrected chi connectivity index (χ3v) is 4.51. The largest absolute Gasteiger partial charge is 0.392 e. The van der Waals surface area contributed by atoms with Gasteiger partial charge in [0.05, 0.1) is 16.9 Å². The van der Waals surface area contributed by atoms with E-state index in [2.05, 4.69) is 5.32 Å². The lowest BCUT2D eigenvalue weighted by atomic mass is 9.78. The zero-order valence-corrected chi connectivity index (χ0v) is 13.2. The molecule has 1 rings (SSSR count). The minimum Gasteiger partial charge on any atom is -0.392 e. The molecule has 5 nitrogen and oxygen atoms in total. The quantitative estimate of drug-likeness (QED) is 0.591. The van der Waals surface area contributed by atoms with Crippen LogP contribution in [0.5, 0.6) is 0 Å². The molecule has 0 aromatic heterocycles. The van der Waals surface area contributed by atoms with Gasteiger partial charge in [-0.25, -0.2) is 0 Å². The number of amides is 2. The number of rotatable bonds is 5. The Morgan fingerprint density at radius 2 is 1.80 bits per heavy atom. The molecule has 0 radical (unpaired) electrons. The van der Waals surface area contributed by atoms with Gasteiger partial charge in [0.2, 0.25) is 11.8 Å². The molecule has 0 atom stereocenters. The van der Waals surface area contributed by atoms with E-state index in [0.29, 0.717) is 19.4 Å². The zero-order chi connectivity index (χ0) is 15.2. The van der Waals surface area contributed by atoms with Crippen molar-refractivity contribution < 1.29 is 9.59 Å². The predicted molar refractivity (Wildman–Crippen MR) is 83.2 cm³/mol. The molecule has 2 amide bonds. The highest BCUT2D eigenvalue weighted by molar-refractivity contribution is 7.80. The second-order valence-electron chi connectivity index (χ2n) is 5.35. The first-order valence-corrected chi connectivity index (χ1v) is 7.68. The van der Waals surface area contributed by atoms with Gasteiger partial charge in [-0.2, -0.15) is 0 Å². The zero-order valence-electron chi connectivity index (χ0n) is 12.4. The SMILES string of the molecule is CCN(CC(=O)NC)C(=O)C1(C(N)=S)CCCCCC1. The van der Waals surface area contributed by atoms with Crippen molar-refractivity contribution in [1.29, 1.82) is 0 Å². The maximum absolute atomic E-state index is 12.9. The van der Waals surface area contributed by atoms with E-state index in [1.54, 1.807) is 11.9 Å². The van der Waals surface area contributed by atoms with Crippen LogP contribution >= 0.6 is 12.2 Å². The number of thiocarbonyl (C=S) groups is 1. The molecular formula is C14H25N3O2S. The number of nitrogens with one attached hydrogen (secondary N) is 1. The molecule has 0 bridgehead atoms. The fourth-order valence-electron chi connectivity index (χ4n) is 2.78. The topological polar surface area (TPSA) is 75.4 Å². The standard InChI is InChI=1S/C14H25N3O2S/c1-3-17(10-11(18)16-2)13(19)14(12(15)20)8-6-4-5-7-9-14/h3-10H2,1-2H3,(H2,15,20)(H,16,18). The van der Waals surface area contributed by atoms with E-state index in [-0.39, 0.29) is 23.3 Å². The normalized spacial score (nSPS) is 17.9. The van der Waals surface area contributed by atoms with Gasteiger partial charge < -0.3 is 16.0 Å². The van der Waals surface area contributed by atoms with Crippen LogP contribution in [0.1, 0.15) is 45.4 Å². The van der Waals surface area contributed by atoms with Crippen molar-refractivity contribution in [1.82, 2.24) is 10.2 Å². The van der Waals surface area contributed by atoms with Gasteiger partial charge in [0.1, 0.15) is 0 Å². The van der Waals surface area contributed by atoms with Crippen LogP contribution in [0.4, 0.5) is 0 Å². The van der Waals surface area contributed by atoms with Gasteiger partial charge in [0.25, 0.3) is 0 Å². The predicted octanol–water partition coefficient (Wildman–Crippen LogP) is 1.21. The lowest BCUT2D eigenvalue weighted by molar-refractivity contribution is -0.142. The summed E-state index contributed by atoms with van der Waals surface area (Å²) in [7, 11) is 1.57. The summed E-state index contributed by atoms with van der Waals surface area (Å²) < 4.78 is 0. The number of nitrogens with two attached hydrogens (primary N) is 1. The molecule has 0 aromatic carbocycles. The van der Waals surface area contributed by atoms with E-state index in [1.807, 2.05) is 6.92 Å². The van der Waals surface area contributed by atoms with Crippen LogP contribution in [0.25, 0.3) is 0 Å². The third kappa shape index (κ3) is 3.69. The molecule has 1 aliphatic rings. The molecule has 1 saturated carbocycles. The monoisotopic (exact) mass is 299 g/mol. The number of likely N-dealkylation sites (N-methyl/N-ethyl adjacent to an activating group) is 2. The summed E-state index contributed by atoms with van der Waals surface area (Å²) in [5.74, 6) is -0.259. The number of hydrogen-bond acceptors (Lipinski definition) is 3. The van der Waals surface area contributed by atoms with Crippen LogP contribution in [0.15, 0.2) is 0 Å². The van der Waals surface area contributed by atoms with E-state index in [1.165, 1.54) is 0 Å². The summed E-state index contributed by atoms with van der Waals surface area (Å²) in [5, 5.41) is 2.54. The van der Waals surface area contributed by atoms with Crippen LogP contribution < -0.4 is 11.1 Å². The van der Waals surface area contributed by atoms with Gasteiger partial charge in [0, 0.05) is 13.6 Å². The molecule has 0 heterocycles. The number of carbonyl (C=O) groups is 2. The van der Waals surface area contributed by atoms with Crippen LogP contribution in [0.2, 0.25) is 0 Å². The van der Waals surface area contributed by atoms with Crippen molar-refractivity contribution in [2.45, 2.75) is 45.4 Å². The number of nitrogens with zero attached hydrogens (tertiary/aromatic N) is 1. The number of hydrogen-bond donors (Lipinski definition) is 2.